The van der Waals surface area contributed by atoms with Gasteiger partial charge in [0.15, 0.2) is 0 Å². The lowest BCUT2D eigenvalue weighted by molar-refractivity contribution is -0.134. The summed E-state index contributed by atoms with van der Waals surface area (Å²) in [6.45, 7) is 2.57. The highest BCUT2D eigenvalue weighted by Gasteiger charge is 2.38. The van der Waals surface area contributed by atoms with Gasteiger partial charge in [0.05, 0.1) is 0 Å². The molecular weight excluding hydrogens is 192 g/mol. The van der Waals surface area contributed by atoms with Crippen molar-refractivity contribution >= 4 is 11.8 Å². The number of rotatable bonds is 2. The molecular formula is C11H18N2O2. The van der Waals surface area contributed by atoms with Gasteiger partial charge in [-0.15, -0.1) is 0 Å². The quantitative estimate of drug-likeness (QED) is 0.649. The van der Waals surface area contributed by atoms with Crippen molar-refractivity contribution < 1.29 is 9.59 Å². The highest BCUT2D eigenvalue weighted by atomic mass is 16.2. The zero-order valence-corrected chi connectivity index (χ0v) is 9.08. The zero-order chi connectivity index (χ0) is 10.8. The van der Waals surface area contributed by atoms with Crippen LogP contribution in [-0.2, 0) is 9.59 Å². The van der Waals surface area contributed by atoms with Gasteiger partial charge in [0, 0.05) is 12.6 Å². The molecule has 2 atom stereocenters. The second-order valence-electron chi connectivity index (χ2n) is 4.69. The summed E-state index contributed by atoms with van der Waals surface area (Å²) < 4.78 is 0. The molecule has 2 amide bonds. The SMILES string of the molecule is CC1CNC(=O)C1C(=O)NC1CCCC1. The van der Waals surface area contributed by atoms with Gasteiger partial charge < -0.3 is 10.6 Å². The van der Waals surface area contributed by atoms with E-state index in [1.807, 2.05) is 6.92 Å². The highest BCUT2D eigenvalue weighted by Crippen LogP contribution is 2.21. The van der Waals surface area contributed by atoms with Crippen LogP contribution < -0.4 is 10.6 Å². The summed E-state index contributed by atoms with van der Waals surface area (Å²) in [7, 11) is 0. The van der Waals surface area contributed by atoms with E-state index in [0.29, 0.717) is 12.6 Å². The summed E-state index contributed by atoms with van der Waals surface area (Å²) in [6, 6.07) is 0.304. The van der Waals surface area contributed by atoms with Gasteiger partial charge in [-0.25, -0.2) is 0 Å². The van der Waals surface area contributed by atoms with Crippen LogP contribution in [0.5, 0.6) is 0 Å². The van der Waals surface area contributed by atoms with Crippen LogP contribution in [0, 0.1) is 11.8 Å². The fourth-order valence-corrected chi connectivity index (χ4v) is 2.49. The Bertz CT molecular complexity index is 272. The largest absolute Gasteiger partial charge is 0.355 e. The average Bonchev–Trinajstić information content (AvgIpc) is 2.77. The monoisotopic (exact) mass is 210 g/mol. The molecule has 0 aromatic heterocycles. The molecule has 2 fully saturated rings. The van der Waals surface area contributed by atoms with Crippen LogP contribution in [0.1, 0.15) is 32.6 Å². The van der Waals surface area contributed by atoms with E-state index in [1.165, 1.54) is 12.8 Å². The maximum absolute atomic E-state index is 11.9. The molecule has 1 saturated carbocycles. The Morgan fingerprint density at radius 1 is 1.40 bits per heavy atom. The van der Waals surface area contributed by atoms with Crippen LogP contribution >= 0.6 is 0 Å². The number of hydrogen-bond acceptors (Lipinski definition) is 2. The molecule has 0 aromatic rings. The van der Waals surface area contributed by atoms with Gasteiger partial charge in [-0.2, -0.15) is 0 Å². The predicted molar refractivity (Wildman–Crippen MR) is 56.1 cm³/mol. The molecule has 1 aliphatic carbocycles. The lowest BCUT2D eigenvalue weighted by atomic mass is 9.96. The van der Waals surface area contributed by atoms with Crippen molar-refractivity contribution in [2.45, 2.75) is 38.6 Å². The van der Waals surface area contributed by atoms with Crippen molar-refractivity contribution in [2.24, 2.45) is 11.8 Å². The molecule has 1 heterocycles. The molecule has 2 unspecified atom stereocenters. The average molecular weight is 210 g/mol. The van der Waals surface area contributed by atoms with Gasteiger partial charge in [-0.1, -0.05) is 19.8 Å². The Hall–Kier alpha value is -1.06. The Kier molecular flexibility index (Phi) is 2.93. The summed E-state index contributed by atoms with van der Waals surface area (Å²) >= 11 is 0. The molecule has 0 bridgehead atoms. The lowest BCUT2D eigenvalue weighted by Gasteiger charge is -2.16. The highest BCUT2D eigenvalue weighted by molar-refractivity contribution is 6.02. The normalized spacial score (nSPS) is 31.7. The van der Waals surface area contributed by atoms with Crippen molar-refractivity contribution in [1.29, 1.82) is 0 Å². The maximum Gasteiger partial charge on any atom is 0.233 e. The van der Waals surface area contributed by atoms with Crippen LogP contribution in [0.4, 0.5) is 0 Å². The van der Waals surface area contributed by atoms with Crippen molar-refractivity contribution in [1.82, 2.24) is 10.6 Å². The van der Waals surface area contributed by atoms with Crippen LogP contribution in [0.15, 0.2) is 0 Å². The van der Waals surface area contributed by atoms with Crippen LogP contribution in [0.2, 0.25) is 0 Å². The first-order valence-electron chi connectivity index (χ1n) is 5.76. The van der Waals surface area contributed by atoms with E-state index < -0.39 is 5.92 Å². The Morgan fingerprint density at radius 3 is 2.60 bits per heavy atom. The molecule has 1 saturated heterocycles. The fourth-order valence-electron chi connectivity index (χ4n) is 2.49. The Labute approximate surface area is 89.8 Å². The Morgan fingerprint density at radius 2 is 2.07 bits per heavy atom. The van der Waals surface area contributed by atoms with E-state index in [1.54, 1.807) is 0 Å². The van der Waals surface area contributed by atoms with Crippen molar-refractivity contribution in [3.8, 4) is 0 Å². The summed E-state index contributed by atoms with van der Waals surface area (Å²) in [5, 5.41) is 5.71. The smallest absolute Gasteiger partial charge is 0.233 e. The van der Waals surface area contributed by atoms with E-state index in [0.717, 1.165) is 12.8 Å². The Balaban J connectivity index is 1.91. The lowest BCUT2D eigenvalue weighted by Crippen LogP contribution is -2.41. The second-order valence-corrected chi connectivity index (χ2v) is 4.69. The number of carbonyl (C=O) groups is 2. The molecule has 0 aromatic carbocycles. The topological polar surface area (TPSA) is 58.2 Å². The molecule has 2 rings (SSSR count). The summed E-state index contributed by atoms with van der Waals surface area (Å²) in [5.74, 6) is -0.535. The van der Waals surface area contributed by atoms with Gasteiger partial charge in [0.1, 0.15) is 5.92 Å². The molecule has 2 N–H and O–H groups in total. The van der Waals surface area contributed by atoms with Crippen molar-refractivity contribution in [3.05, 3.63) is 0 Å². The third kappa shape index (κ3) is 2.13. The van der Waals surface area contributed by atoms with Crippen molar-refractivity contribution in [3.63, 3.8) is 0 Å². The standard InChI is InChI=1S/C11H18N2O2/c1-7-6-12-10(14)9(7)11(15)13-8-4-2-3-5-8/h7-9H,2-6H2,1H3,(H,12,14)(H,13,15). The first kappa shape index (κ1) is 10.5. The minimum atomic E-state index is -0.467. The fraction of sp³-hybridized carbons (Fsp3) is 0.818. The van der Waals surface area contributed by atoms with E-state index in [2.05, 4.69) is 10.6 Å². The van der Waals surface area contributed by atoms with E-state index in [-0.39, 0.29) is 17.7 Å². The molecule has 15 heavy (non-hydrogen) atoms. The zero-order valence-electron chi connectivity index (χ0n) is 9.08. The van der Waals surface area contributed by atoms with Gasteiger partial charge in [-0.3, -0.25) is 9.59 Å². The molecule has 4 nitrogen and oxygen atoms in total. The van der Waals surface area contributed by atoms with E-state index >= 15 is 0 Å². The van der Waals surface area contributed by atoms with Crippen LogP contribution in [0.25, 0.3) is 0 Å². The summed E-state index contributed by atoms with van der Waals surface area (Å²) in [4.78, 5) is 23.3. The first-order chi connectivity index (χ1) is 7.18. The van der Waals surface area contributed by atoms with Crippen LogP contribution in [-0.4, -0.2) is 24.4 Å². The van der Waals surface area contributed by atoms with Gasteiger partial charge in [0.25, 0.3) is 0 Å². The summed E-state index contributed by atoms with van der Waals surface area (Å²) in [6.07, 6.45) is 4.51. The van der Waals surface area contributed by atoms with Gasteiger partial charge in [0.2, 0.25) is 11.8 Å². The number of amides is 2. The molecule has 0 spiro atoms. The molecule has 2 aliphatic rings. The van der Waals surface area contributed by atoms with E-state index in [9.17, 15) is 9.59 Å². The number of hydrogen-bond donors (Lipinski definition) is 2. The predicted octanol–water partition coefficient (Wildman–Crippen LogP) is 0.427. The minimum Gasteiger partial charge on any atom is -0.355 e. The maximum atomic E-state index is 11.9. The number of nitrogens with one attached hydrogen (secondary N) is 2. The molecule has 84 valence electrons. The summed E-state index contributed by atoms with van der Waals surface area (Å²) in [5.41, 5.74) is 0. The molecule has 4 heteroatoms. The third-order valence-corrected chi connectivity index (χ3v) is 3.43. The van der Waals surface area contributed by atoms with Gasteiger partial charge >= 0.3 is 0 Å². The van der Waals surface area contributed by atoms with E-state index in [4.69, 9.17) is 0 Å². The third-order valence-electron chi connectivity index (χ3n) is 3.43. The minimum absolute atomic E-state index is 0.0793. The first-order valence-corrected chi connectivity index (χ1v) is 5.76. The van der Waals surface area contributed by atoms with Crippen molar-refractivity contribution in [2.75, 3.05) is 6.54 Å². The molecule has 1 aliphatic heterocycles. The second kappa shape index (κ2) is 4.21. The van der Waals surface area contributed by atoms with Crippen LogP contribution in [0.3, 0.4) is 0 Å². The van der Waals surface area contributed by atoms with Gasteiger partial charge in [-0.05, 0) is 18.8 Å². The molecule has 0 radical (unpaired) electrons. The number of carbonyl (C=O) groups excluding carboxylic acids is 2.